The second kappa shape index (κ2) is 22.8. The summed E-state index contributed by atoms with van der Waals surface area (Å²) in [5.74, 6) is 0.119. The SMILES string of the molecule is CCCCCCCCCCCCCCCCCCOCCCNC(=O)C[N+](C)(C)Cc1ccccc1. The molecule has 0 heterocycles. The third-order valence-electron chi connectivity index (χ3n) is 6.95. The number of benzene rings is 1. The van der Waals surface area contributed by atoms with Crippen LogP contribution < -0.4 is 5.32 Å². The van der Waals surface area contributed by atoms with Crippen molar-refractivity contribution in [1.29, 1.82) is 0 Å². The molecule has 0 aromatic heterocycles. The number of carbonyl (C=O) groups excluding carboxylic acids is 1. The third-order valence-corrected chi connectivity index (χ3v) is 6.95. The summed E-state index contributed by atoms with van der Waals surface area (Å²) in [5, 5.41) is 3.05. The fourth-order valence-corrected chi connectivity index (χ4v) is 4.83. The van der Waals surface area contributed by atoms with Crippen LogP contribution in [0.2, 0.25) is 0 Å². The predicted molar refractivity (Wildman–Crippen MR) is 155 cm³/mol. The van der Waals surface area contributed by atoms with Crippen molar-refractivity contribution in [1.82, 2.24) is 5.32 Å². The molecule has 0 bridgehead atoms. The van der Waals surface area contributed by atoms with Gasteiger partial charge in [0.15, 0.2) is 6.54 Å². The topological polar surface area (TPSA) is 38.3 Å². The highest BCUT2D eigenvalue weighted by Crippen LogP contribution is 2.14. The van der Waals surface area contributed by atoms with Crippen LogP contribution in [-0.2, 0) is 16.1 Å². The molecule has 1 aromatic rings. The van der Waals surface area contributed by atoms with Gasteiger partial charge in [-0.15, -0.1) is 0 Å². The molecule has 4 nitrogen and oxygen atoms in total. The molecule has 0 spiro atoms. The van der Waals surface area contributed by atoms with Crippen LogP contribution in [0.1, 0.15) is 122 Å². The summed E-state index contributed by atoms with van der Waals surface area (Å²) in [4.78, 5) is 12.3. The predicted octanol–water partition coefficient (Wildman–Crippen LogP) is 8.05. The monoisotopic (exact) mass is 503 g/mol. The average molecular weight is 504 g/mol. The molecule has 4 heteroatoms. The number of hydrogen-bond donors (Lipinski definition) is 1. The molecule has 36 heavy (non-hydrogen) atoms. The van der Waals surface area contributed by atoms with E-state index in [1.54, 1.807) is 0 Å². The van der Waals surface area contributed by atoms with Crippen LogP contribution in [0.15, 0.2) is 30.3 Å². The molecular formula is C32H59N2O2+. The zero-order valence-electron chi connectivity index (χ0n) is 24.2. The van der Waals surface area contributed by atoms with Crippen LogP contribution in [0.25, 0.3) is 0 Å². The largest absolute Gasteiger partial charge is 0.381 e. The lowest BCUT2D eigenvalue weighted by atomic mass is 10.0. The normalized spacial score (nSPS) is 11.6. The number of hydrogen-bond acceptors (Lipinski definition) is 2. The average Bonchev–Trinajstić information content (AvgIpc) is 2.85. The molecule has 0 unspecified atom stereocenters. The van der Waals surface area contributed by atoms with E-state index < -0.39 is 0 Å². The fraction of sp³-hybridized carbons (Fsp3) is 0.781. The van der Waals surface area contributed by atoms with Crippen LogP contribution in [0.3, 0.4) is 0 Å². The van der Waals surface area contributed by atoms with E-state index in [1.165, 1.54) is 102 Å². The Morgan fingerprint density at radius 2 is 1.17 bits per heavy atom. The Morgan fingerprint density at radius 3 is 1.69 bits per heavy atom. The third kappa shape index (κ3) is 20.8. The Kier molecular flexibility index (Phi) is 20.7. The first-order valence-electron chi connectivity index (χ1n) is 15.2. The van der Waals surface area contributed by atoms with E-state index in [0.29, 0.717) is 17.6 Å². The van der Waals surface area contributed by atoms with Gasteiger partial charge in [0.05, 0.1) is 14.1 Å². The lowest BCUT2D eigenvalue weighted by Gasteiger charge is -2.29. The van der Waals surface area contributed by atoms with E-state index >= 15 is 0 Å². The Balaban J connectivity index is 1.79. The van der Waals surface area contributed by atoms with Gasteiger partial charge in [0.2, 0.25) is 0 Å². The van der Waals surface area contributed by atoms with Crippen molar-refractivity contribution in [3.05, 3.63) is 35.9 Å². The number of ether oxygens (including phenoxy) is 1. The molecule has 1 rings (SSSR count). The molecule has 0 radical (unpaired) electrons. The molecule has 0 saturated carbocycles. The summed E-state index contributed by atoms with van der Waals surface area (Å²) in [7, 11) is 4.21. The molecule has 0 atom stereocenters. The summed E-state index contributed by atoms with van der Waals surface area (Å²) < 4.78 is 6.42. The first kappa shape index (κ1) is 32.6. The minimum atomic E-state index is 0.119. The zero-order valence-corrected chi connectivity index (χ0v) is 24.2. The van der Waals surface area contributed by atoms with E-state index in [-0.39, 0.29) is 5.91 Å². The second-order valence-corrected chi connectivity index (χ2v) is 11.4. The van der Waals surface area contributed by atoms with Gasteiger partial charge in [0.25, 0.3) is 5.91 Å². The van der Waals surface area contributed by atoms with Crippen molar-refractivity contribution < 1.29 is 14.0 Å². The van der Waals surface area contributed by atoms with Gasteiger partial charge in [-0.05, 0) is 12.8 Å². The van der Waals surface area contributed by atoms with Crippen molar-refractivity contribution >= 4 is 5.91 Å². The zero-order chi connectivity index (χ0) is 26.2. The summed E-state index contributed by atoms with van der Waals surface area (Å²) in [6, 6.07) is 10.4. The highest BCUT2D eigenvalue weighted by molar-refractivity contribution is 5.77. The smallest absolute Gasteiger partial charge is 0.275 e. The maximum Gasteiger partial charge on any atom is 0.275 e. The van der Waals surface area contributed by atoms with Crippen LogP contribution in [0, 0.1) is 0 Å². The number of carbonyl (C=O) groups is 1. The molecule has 1 amide bonds. The van der Waals surface area contributed by atoms with Crippen molar-refractivity contribution in [2.24, 2.45) is 0 Å². The first-order chi connectivity index (χ1) is 17.5. The summed E-state index contributed by atoms with van der Waals surface area (Å²) >= 11 is 0. The molecule has 1 aromatic carbocycles. The number of rotatable bonds is 25. The molecule has 208 valence electrons. The molecule has 0 aliphatic carbocycles. The van der Waals surface area contributed by atoms with Gasteiger partial charge >= 0.3 is 0 Å². The molecule has 1 N–H and O–H groups in total. The minimum Gasteiger partial charge on any atom is -0.381 e. The fourth-order valence-electron chi connectivity index (χ4n) is 4.83. The van der Waals surface area contributed by atoms with Gasteiger partial charge < -0.3 is 14.5 Å². The second-order valence-electron chi connectivity index (χ2n) is 11.4. The number of nitrogens with zero attached hydrogens (tertiary/aromatic N) is 1. The van der Waals surface area contributed by atoms with E-state index in [1.807, 2.05) is 6.07 Å². The Morgan fingerprint density at radius 1 is 0.694 bits per heavy atom. The highest BCUT2D eigenvalue weighted by atomic mass is 16.5. The van der Waals surface area contributed by atoms with Crippen molar-refractivity contribution in [2.75, 3.05) is 40.4 Å². The molecule has 0 saturated heterocycles. The van der Waals surface area contributed by atoms with Gasteiger partial charge in [0.1, 0.15) is 6.54 Å². The van der Waals surface area contributed by atoms with E-state index in [2.05, 4.69) is 50.6 Å². The van der Waals surface area contributed by atoms with Gasteiger partial charge in [-0.3, -0.25) is 4.79 Å². The van der Waals surface area contributed by atoms with Gasteiger partial charge in [-0.1, -0.05) is 134 Å². The first-order valence-corrected chi connectivity index (χ1v) is 15.2. The summed E-state index contributed by atoms with van der Waals surface area (Å²) in [6.45, 7) is 5.93. The van der Waals surface area contributed by atoms with Crippen LogP contribution in [-0.4, -0.2) is 50.8 Å². The number of unbranched alkanes of at least 4 members (excludes halogenated alkanes) is 15. The van der Waals surface area contributed by atoms with Crippen LogP contribution >= 0.6 is 0 Å². The standard InChI is InChI=1S/C32H58N2O2/c1-4-5-6-7-8-9-10-11-12-13-14-15-16-17-18-22-27-36-28-23-26-33-32(35)30-34(2,3)29-31-24-20-19-21-25-31/h19-21,24-25H,4-18,22-23,26-30H2,1-3H3/p+1. The summed E-state index contributed by atoms with van der Waals surface area (Å²) in [5.41, 5.74) is 1.26. The number of amides is 1. The Hall–Kier alpha value is -1.39. The van der Waals surface area contributed by atoms with Gasteiger partial charge in [-0.25, -0.2) is 0 Å². The molecule has 0 aliphatic heterocycles. The lowest BCUT2D eigenvalue weighted by Crippen LogP contribution is -2.47. The van der Waals surface area contributed by atoms with Crippen LogP contribution in [0.4, 0.5) is 0 Å². The summed E-state index contributed by atoms with van der Waals surface area (Å²) in [6.07, 6.45) is 23.2. The maximum absolute atomic E-state index is 12.3. The van der Waals surface area contributed by atoms with Crippen molar-refractivity contribution in [3.63, 3.8) is 0 Å². The maximum atomic E-state index is 12.3. The number of nitrogens with one attached hydrogen (secondary N) is 1. The quantitative estimate of drug-likeness (QED) is 0.108. The Labute approximate surface area is 224 Å². The highest BCUT2D eigenvalue weighted by Gasteiger charge is 2.20. The van der Waals surface area contributed by atoms with Crippen molar-refractivity contribution in [3.8, 4) is 0 Å². The molecule has 0 aliphatic rings. The lowest BCUT2D eigenvalue weighted by molar-refractivity contribution is -0.895. The van der Waals surface area contributed by atoms with E-state index in [4.69, 9.17) is 4.74 Å². The Bertz CT molecular complexity index is 618. The number of quaternary nitrogens is 1. The van der Waals surface area contributed by atoms with Crippen molar-refractivity contribution in [2.45, 2.75) is 123 Å². The molecular weight excluding hydrogens is 444 g/mol. The minimum absolute atomic E-state index is 0.119. The van der Waals surface area contributed by atoms with E-state index in [9.17, 15) is 4.79 Å². The van der Waals surface area contributed by atoms with E-state index in [0.717, 1.165) is 32.6 Å². The van der Waals surface area contributed by atoms with Crippen LogP contribution in [0.5, 0.6) is 0 Å². The molecule has 0 fully saturated rings. The van der Waals surface area contributed by atoms with Gasteiger partial charge in [-0.2, -0.15) is 0 Å². The number of likely N-dealkylation sites (N-methyl/N-ethyl adjacent to an activating group) is 1. The van der Waals surface area contributed by atoms with Gasteiger partial charge in [0, 0.05) is 25.3 Å².